The molecule has 3 aromatic carbocycles. The van der Waals surface area contributed by atoms with Crippen LogP contribution in [-0.4, -0.2) is 18.2 Å². The summed E-state index contributed by atoms with van der Waals surface area (Å²) >= 11 is 4.88. The second-order valence-electron chi connectivity index (χ2n) is 7.15. The number of hydrogen-bond acceptors (Lipinski definition) is 5. The molecule has 0 saturated carbocycles. The average Bonchev–Trinajstić information content (AvgIpc) is 3.12. The number of carbonyl (C=O) groups is 1. The lowest BCUT2D eigenvalue weighted by Crippen LogP contribution is -2.19. The highest BCUT2D eigenvalue weighted by atomic mass is 79.9. The predicted molar refractivity (Wildman–Crippen MR) is 133 cm³/mol. The topological polar surface area (TPSA) is 59.9 Å². The highest BCUT2D eigenvalue weighted by Gasteiger charge is 2.23. The largest absolute Gasteiger partial charge is 0.497 e. The summed E-state index contributed by atoms with van der Waals surface area (Å²) in [5, 5.41) is 3.35. The third kappa shape index (κ3) is 5.60. The van der Waals surface area contributed by atoms with Crippen molar-refractivity contribution in [2.45, 2.75) is 13.5 Å². The van der Waals surface area contributed by atoms with Crippen LogP contribution in [0.15, 0.2) is 81.1 Å². The summed E-state index contributed by atoms with van der Waals surface area (Å²) in [4.78, 5) is 17.5. The zero-order chi connectivity index (χ0) is 22.5. The van der Waals surface area contributed by atoms with Crippen molar-refractivity contribution >= 4 is 50.5 Å². The lowest BCUT2D eigenvalue weighted by molar-refractivity contribution is -0.115. The molecule has 1 aliphatic rings. The fourth-order valence-electron chi connectivity index (χ4n) is 3.09. The standard InChI is InChI=1S/C25H21BrN2O3S/c1-16-4-3-5-18(12-16)15-31-22-11-6-17(13-21(22)26)14-23-24(29)28-25(32-23)27-19-7-9-20(30-2)10-8-19/h3-14H,15H2,1-2H3,(H,27,28,29)/b23-14+. The number of thioether (sulfide) groups is 1. The van der Waals surface area contributed by atoms with Crippen molar-refractivity contribution in [3.63, 3.8) is 0 Å². The van der Waals surface area contributed by atoms with Gasteiger partial charge in [-0.05, 0) is 88.2 Å². The fraction of sp³-hybridized carbons (Fsp3) is 0.120. The Labute approximate surface area is 199 Å². The number of nitrogens with zero attached hydrogens (tertiary/aromatic N) is 1. The summed E-state index contributed by atoms with van der Waals surface area (Å²) in [7, 11) is 1.62. The Bertz CT molecular complexity index is 1210. The van der Waals surface area contributed by atoms with Gasteiger partial charge >= 0.3 is 0 Å². The SMILES string of the molecule is COc1ccc(N=C2NC(=O)/C(=C\c3ccc(OCc4cccc(C)c4)c(Br)c3)S2)cc1. The minimum Gasteiger partial charge on any atom is -0.497 e. The van der Waals surface area contributed by atoms with E-state index in [0.29, 0.717) is 16.7 Å². The molecule has 0 radical (unpaired) electrons. The van der Waals surface area contributed by atoms with Gasteiger partial charge in [-0.3, -0.25) is 4.79 Å². The molecular weight excluding hydrogens is 488 g/mol. The molecule has 3 aromatic rings. The molecule has 0 aromatic heterocycles. The molecule has 1 N–H and O–H groups in total. The summed E-state index contributed by atoms with van der Waals surface area (Å²) in [6.07, 6.45) is 1.84. The Morgan fingerprint density at radius 2 is 1.91 bits per heavy atom. The number of hydrogen-bond donors (Lipinski definition) is 1. The van der Waals surface area contributed by atoms with E-state index in [9.17, 15) is 4.79 Å². The molecule has 162 valence electrons. The number of halogens is 1. The van der Waals surface area contributed by atoms with Gasteiger partial charge in [-0.25, -0.2) is 4.99 Å². The van der Waals surface area contributed by atoms with E-state index in [-0.39, 0.29) is 5.91 Å². The molecule has 7 heteroatoms. The maximum atomic E-state index is 12.4. The van der Waals surface area contributed by atoms with Crippen LogP contribution < -0.4 is 14.8 Å². The van der Waals surface area contributed by atoms with Gasteiger partial charge < -0.3 is 14.8 Å². The lowest BCUT2D eigenvalue weighted by Gasteiger charge is -2.09. The summed E-state index contributed by atoms with van der Waals surface area (Å²) in [6, 6.07) is 21.3. The normalized spacial score (nSPS) is 15.8. The molecule has 1 amide bonds. The number of methoxy groups -OCH3 is 1. The van der Waals surface area contributed by atoms with Crippen LogP contribution in [0.3, 0.4) is 0 Å². The number of aryl methyl sites for hydroxylation is 1. The third-order valence-electron chi connectivity index (χ3n) is 4.68. The Kier molecular flexibility index (Phi) is 6.97. The first-order valence-electron chi connectivity index (χ1n) is 9.92. The van der Waals surface area contributed by atoms with Crippen molar-refractivity contribution in [3.8, 4) is 11.5 Å². The number of amides is 1. The minimum atomic E-state index is -0.168. The zero-order valence-corrected chi connectivity index (χ0v) is 20.0. The third-order valence-corrected chi connectivity index (χ3v) is 6.21. The molecule has 1 heterocycles. The number of aliphatic imine (C=N–C) groups is 1. The minimum absolute atomic E-state index is 0.168. The molecule has 0 unspecified atom stereocenters. The van der Waals surface area contributed by atoms with Gasteiger partial charge in [0.25, 0.3) is 5.91 Å². The van der Waals surface area contributed by atoms with Crippen LogP contribution in [0.2, 0.25) is 0 Å². The van der Waals surface area contributed by atoms with Gasteiger partial charge in [-0.1, -0.05) is 35.9 Å². The van der Waals surface area contributed by atoms with Gasteiger partial charge in [-0.15, -0.1) is 0 Å². The van der Waals surface area contributed by atoms with Crippen molar-refractivity contribution in [1.82, 2.24) is 5.32 Å². The van der Waals surface area contributed by atoms with E-state index in [4.69, 9.17) is 9.47 Å². The van der Waals surface area contributed by atoms with Crippen LogP contribution in [0.1, 0.15) is 16.7 Å². The van der Waals surface area contributed by atoms with Gasteiger partial charge in [0.15, 0.2) is 5.17 Å². The molecule has 4 rings (SSSR count). The van der Waals surface area contributed by atoms with E-state index in [1.165, 1.54) is 17.3 Å². The smallest absolute Gasteiger partial charge is 0.264 e. The summed E-state index contributed by atoms with van der Waals surface area (Å²) in [5.41, 5.74) is 3.95. The van der Waals surface area contributed by atoms with Crippen LogP contribution >= 0.6 is 27.7 Å². The van der Waals surface area contributed by atoms with E-state index in [1.54, 1.807) is 7.11 Å². The number of benzene rings is 3. The van der Waals surface area contributed by atoms with E-state index in [0.717, 1.165) is 32.8 Å². The first-order valence-corrected chi connectivity index (χ1v) is 11.5. The van der Waals surface area contributed by atoms with Crippen LogP contribution in [0.4, 0.5) is 5.69 Å². The molecule has 0 atom stereocenters. The number of nitrogens with one attached hydrogen (secondary N) is 1. The quantitative estimate of drug-likeness (QED) is 0.400. The summed E-state index contributed by atoms with van der Waals surface area (Å²) in [5.74, 6) is 1.34. The van der Waals surface area contributed by atoms with Crippen LogP contribution in [0.25, 0.3) is 6.08 Å². The highest BCUT2D eigenvalue weighted by molar-refractivity contribution is 9.10. The number of ether oxygens (including phenoxy) is 2. The molecular formula is C25H21BrN2O3S. The van der Waals surface area contributed by atoms with Gasteiger partial charge in [0.05, 0.1) is 22.2 Å². The number of amidine groups is 1. The molecule has 32 heavy (non-hydrogen) atoms. The molecule has 5 nitrogen and oxygen atoms in total. The summed E-state index contributed by atoms with van der Waals surface area (Å²) in [6.45, 7) is 2.55. The van der Waals surface area contributed by atoms with Crippen LogP contribution in [0.5, 0.6) is 11.5 Å². The van der Waals surface area contributed by atoms with Gasteiger partial charge in [0.1, 0.15) is 18.1 Å². The highest BCUT2D eigenvalue weighted by Crippen LogP contribution is 2.31. The lowest BCUT2D eigenvalue weighted by atomic mass is 10.1. The predicted octanol–water partition coefficient (Wildman–Crippen LogP) is 6.24. The summed E-state index contributed by atoms with van der Waals surface area (Å²) < 4.78 is 11.9. The molecule has 1 saturated heterocycles. The van der Waals surface area contributed by atoms with Crippen LogP contribution in [-0.2, 0) is 11.4 Å². The Hall–Kier alpha value is -3.03. The Balaban J connectivity index is 1.44. The van der Waals surface area contributed by atoms with Gasteiger partial charge in [-0.2, -0.15) is 0 Å². The van der Waals surface area contributed by atoms with E-state index in [1.807, 2.05) is 60.7 Å². The number of carbonyl (C=O) groups excluding carboxylic acids is 1. The van der Waals surface area contributed by atoms with Crippen LogP contribution in [0, 0.1) is 6.92 Å². The van der Waals surface area contributed by atoms with Gasteiger partial charge in [0, 0.05) is 0 Å². The second kappa shape index (κ2) is 10.1. The van der Waals surface area contributed by atoms with Crippen molar-refractivity contribution in [3.05, 3.63) is 92.8 Å². The van der Waals surface area contributed by atoms with Crippen molar-refractivity contribution in [2.75, 3.05) is 7.11 Å². The van der Waals surface area contributed by atoms with E-state index >= 15 is 0 Å². The monoisotopic (exact) mass is 508 g/mol. The number of rotatable bonds is 6. The fourth-order valence-corrected chi connectivity index (χ4v) is 4.45. The molecule has 0 bridgehead atoms. The first-order chi connectivity index (χ1) is 15.5. The molecule has 1 aliphatic heterocycles. The molecule has 1 fully saturated rings. The van der Waals surface area contributed by atoms with E-state index in [2.05, 4.69) is 45.3 Å². The van der Waals surface area contributed by atoms with E-state index < -0.39 is 0 Å². The van der Waals surface area contributed by atoms with Crippen molar-refractivity contribution < 1.29 is 14.3 Å². The Morgan fingerprint density at radius 1 is 1.09 bits per heavy atom. The van der Waals surface area contributed by atoms with Crippen molar-refractivity contribution in [2.24, 2.45) is 4.99 Å². The molecule has 0 spiro atoms. The molecule has 0 aliphatic carbocycles. The second-order valence-corrected chi connectivity index (χ2v) is 9.03. The zero-order valence-electron chi connectivity index (χ0n) is 17.6. The average molecular weight is 509 g/mol. The van der Waals surface area contributed by atoms with Gasteiger partial charge in [0.2, 0.25) is 0 Å². The maximum absolute atomic E-state index is 12.4. The van der Waals surface area contributed by atoms with Crippen molar-refractivity contribution in [1.29, 1.82) is 0 Å². The maximum Gasteiger partial charge on any atom is 0.264 e. The Morgan fingerprint density at radius 3 is 2.62 bits per heavy atom. The first kappa shape index (κ1) is 22.2.